The second kappa shape index (κ2) is 6.52. The van der Waals surface area contributed by atoms with Gasteiger partial charge in [0.2, 0.25) is 11.8 Å². The van der Waals surface area contributed by atoms with E-state index in [-0.39, 0.29) is 6.10 Å². The minimum atomic E-state index is -0.0677. The van der Waals surface area contributed by atoms with Gasteiger partial charge < -0.3 is 10.1 Å². The predicted molar refractivity (Wildman–Crippen MR) is 79.4 cm³/mol. The number of rotatable bonds is 5. The molecule has 1 N–H and O–H groups in total. The van der Waals surface area contributed by atoms with Crippen LogP contribution in [0, 0.1) is 0 Å². The Morgan fingerprint density at radius 2 is 2.05 bits per heavy atom. The van der Waals surface area contributed by atoms with Crippen molar-refractivity contribution in [3.8, 4) is 5.88 Å². The fourth-order valence-electron chi connectivity index (χ4n) is 1.64. The maximum atomic E-state index is 5.88. The van der Waals surface area contributed by atoms with Gasteiger partial charge in [-0.1, -0.05) is 30.3 Å². The first-order valence-electron chi connectivity index (χ1n) is 6.18. The van der Waals surface area contributed by atoms with Crippen LogP contribution in [-0.2, 0) is 0 Å². The van der Waals surface area contributed by atoms with Crippen LogP contribution < -0.4 is 10.1 Å². The first kappa shape index (κ1) is 13.8. The smallest absolute Gasteiger partial charge is 0.233 e. The molecule has 0 bridgehead atoms. The molecule has 0 aliphatic rings. The number of halogens is 1. The zero-order chi connectivity index (χ0) is 13.7. The summed E-state index contributed by atoms with van der Waals surface area (Å²) in [6, 6.07) is 10.0. The molecular weight excluding hydrogens is 306 g/mol. The summed E-state index contributed by atoms with van der Waals surface area (Å²) in [7, 11) is 0. The normalized spacial score (nSPS) is 11.9. The Morgan fingerprint density at radius 1 is 1.32 bits per heavy atom. The Balaban J connectivity index is 2.16. The number of anilines is 1. The maximum absolute atomic E-state index is 5.88. The third-order valence-electron chi connectivity index (χ3n) is 2.60. The van der Waals surface area contributed by atoms with Crippen LogP contribution in [0.4, 0.5) is 5.95 Å². The van der Waals surface area contributed by atoms with Crippen molar-refractivity contribution in [1.29, 1.82) is 0 Å². The molecule has 0 amide bonds. The second-order valence-corrected chi connectivity index (χ2v) is 4.90. The van der Waals surface area contributed by atoms with Crippen LogP contribution in [0.3, 0.4) is 0 Å². The molecule has 1 heterocycles. The van der Waals surface area contributed by atoms with Gasteiger partial charge in [-0.05, 0) is 35.3 Å². The highest BCUT2D eigenvalue weighted by molar-refractivity contribution is 9.10. The van der Waals surface area contributed by atoms with Gasteiger partial charge in [-0.15, -0.1) is 0 Å². The van der Waals surface area contributed by atoms with Crippen molar-refractivity contribution in [2.75, 3.05) is 11.9 Å². The molecule has 0 aliphatic carbocycles. The Labute approximate surface area is 121 Å². The van der Waals surface area contributed by atoms with Gasteiger partial charge in [0.05, 0.1) is 10.7 Å². The summed E-state index contributed by atoms with van der Waals surface area (Å²) in [5.74, 6) is 1.11. The van der Waals surface area contributed by atoms with Gasteiger partial charge in [0.25, 0.3) is 0 Å². The Kier molecular flexibility index (Phi) is 4.74. The Bertz CT molecular complexity index is 533. The lowest BCUT2D eigenvalue weighted by Gasteiger charge is -2.15. The summed E-state index contributed by atoms with van der Waals surface area (Å²) in [6.45, 7) is 4.77. The lowest BCUT2D eigenvalue weighted by atomic mass is 10.1. The molecule has 0 saturated heterocycles. The molecule has 5 heteroatoms. The Morgan fingerprint density at radius 3 is 2.74 bits per heavy atom. The number of benzene rings is 1. The predicted octanol–water partition coefficient (Wildman–Crippen LogP) is 3.81. The second-order valence-electron chi connectivity index (χ2n) is 4.05. The number of hydrogen-bond acceptors (Lipinski definition) is 4. The van der Waals surface area contributed by atoms with Crippen molar-refractivity contribution in [3.05, 3.63) is 46.6 Å². The minimum absolute atomic E-state index is 0.0677. The molecule has 0 radical (unpaired) electrons. The SMILES string of the molecule is CCNc1ncc(Br)c(OC(C)c2ccccc2)n1. The van der Waals surface area contributed by atoms with Crippen LogP contribution in [0.25, 0.3) is 0 Å². The standard InChI is InChI=1S/C14H16BrN3O/c1-3-16-14-17-9-12(15)13(18-14)19-10(2)11-7-5-4-6-8-11/h4-10H,3H2,1-2H3,(H,16,17,18). The lowest BCUT2D eigenvalue weighted by Crippen LogP contribution is -2.07. The van der Waals surface area contributed by atoms with E-state index in [1.165, 1.54) is 0 Å². The topological polar surface area (TPSA) is 47.0 Å². The summed E-state index contributed by atoms with van der Waals surface area (Å²) in [5.41, 5.74) is 1.11. The molecule has 100 valence electrons. The highest BCUT2D eigenvalue weighted by Crippen LogP contribution is 2.27. The van der Waals surface area contributed by atoms with Crippen molar-refractivity contribution >= 4 is 21.9 Å². The van der Waals surface area contributed by atoms with E-state index in [1.54, 1.807) is 6.20 Å². The van der Waals surface area contributed by atoms with Crippen LogP contribution in [0.1, 0.15) is 25.5 Å². The van der Waals surface area contributed by atoms with Crippen molar-refractivity contribution < 1.29 is 4.74 Å². The lowest BCUT2D eigenvalue weighted by molar-refractivity contribution is 0.215. The van der Waals surface area contributed by atoms with Gasteiger partial charge in [0, 0.05) is 6.54 Å². The quantitative estimate of drug-likeness (QED) is 0.909. The van der Waals surface area contributed by atoms with Crippen LogP contribution in [0.2, 0.25) is 0 Å². The van der Waals surface area contributed by atoms with E-state index in [1.807, 2.05) is 44.2 Å². The fraction of sp³-hybridized carbons (Fsp3) is 0.286. The fourth-order valence-corrected chi connectivity index (χ4v) is 1.92. The average Bonchev–Trinajstić information content (AvgIpc) is 2.44. The van der Waals surface area contributed by atoms with Gasteiger partial charge in [-0.3, -0.25) is 0 Å². The number of nitrogens with zero attached hydrogens (tertiary/aromatic N) is 2. The van der Waals surface area contributed by atoms with Crippen molar-refractivity contribution in [2.24, 2.45) is 0 Å². The third-order valence-corrected chi connectivity index (χ3v) is 3.15. The van der Waals surface area contributed by atoms with E-state index >= 15 is 0 Å². The van der Waals surface area contributed by atoms with Crippen LogP contribution >= 0.6 is 15.9 Å². The molecule has 1 aromatic heterocycles. The zero-order valence-corrected chi connectivity index (χ0v) is 12.5. The molecule has 0 aliphatic heterocycles. The van der Waals surface area contributed by atoms with Crippen LogP contribution in [0.5, 0.6) is 5.88 Å². The van der Waals surface area contributed by atoms with Gasteiger partial charge in [-0.25, -0.2) is 4.98 Å². The van der Waals surface area contributed by atoms with E-state index in [0.29, 0.717) is 11.8 Å². The van der Waals surface area contributed by atoms with Gasteiger partial charge in [-0.2, -0.15) is 4.98 Å². The number of ether oxygens (including phenoxy) is 1. The maximum Gasteiger partial charge on any atom is 0.233 e. The molecule has 1 atom stereocenters. The minimum Gasteiger partial charge on any atom is -0.469 e. The van der Waals surface area contributed by atoms with E-state index in [0.717, 1.165) is 16.6 Å². The molecular formula is C14H16BrN3O. The highest BCUT2D eigenvalue weighted by Gasteiger charge is 2.11. The van der Waals surface area contributed by atoms with E-state index in [4.69, 9.17) is 4.74 Å². The average molecular weight is 322 g/mol. The summed E-state index contributed by atoms with van der Waals surface area (Å²) in [6.07, 6.45) is 1.62. The summed E-state index contributed by atoms with van der Waals surface area (Å²) in [5, 5.41) is 3.07. The molecule has 0 spiro atoms. The van der Waals surface area contributed by atoms with Crippen molar-refractivity contribution in [2.45, 2.75) is 20.0 Å². The van der Waals surface area contributed by atoms with Gasteiger partial charge >= 0.3 is 0 Å². The summed E-state index contributed by atoms with van der Waals surface area (Å²) < 4.78 is 6.63. The van der Waals surface area contributed by atoms with Crippen LogP contribution in [0.15, 0.2) is 41.0 Å². The highest BCUT2D eigenvalue weighted by atomic mass is 79.9. The zero-order valence-electron chi connectivity index (χ0n) is 10.9. The van der Waals surface area contributed by atoms with Gasteiger partial charge in [0.15, 0.2) is 0 Å². The molecule has 19 heavy (non-hydrogen) atoms. The number of aromatic nitrogens is 2. The molecule has 0 fully saturated rings. The van der Waals surface area contributed by atoms with Crippen molar-refractivity contribution in [1.82, 2.24) is 9.97 Å². The number of nitrogens with one attached hydrogen (secondary N) is 1. The summed E-state index contributed by atoms with van der Waals surface area (Å²) in [4.78, 5) is 8.50. The van der Waals surface area contributed by atoms with E-state index < -0.39 is 0 Å². The number of hydrogen-bond donors (Lipinski definition) is 1. The monoisotopic (exact) mass is 321 g/mol. The summed E-state index contributed by atoms with van der Waals surface area (Å²) >= 11 is 3.40. The van der Waals surface area contributed by atoms with E-state index in [2.05, 4.69) is 31.2 Å². The van der Waals surface area contributed by atoms with Crippen LogP contribution in [-0.4, -0.2) is 16.5 Å². The molecule has 1 aromatic carbocycles. The van der Waals surface area contributed by atoms with Crippen molar-refractivity contribution in [3.63, 3.8) is 0 Å². The first-order valence-corrected chi connectivity index (χ1v) is 6.98. The molecule has 1 unspecified atom stereocenters. The molecule has 4 nitrogen and oxygen atoms in total. The Hall–Kier alpha value is -1.62. The third kappa shape index (κ3) is 3.67. The molecule has 2 aromatic rings. The van der Waals surface area contributed by atoms with Gasteiger partial charge in [0.1, 0.15) is 6.10 Å². The first-order chi connectivity index (χ1) is 9.20. The van der Waals surface area contributed by atoms with E-state index in [9.17, 15) is 0 Å². The molecule has 0 saturated carbocycles. The molecule has 2 rings (SSSR count). The largest absolute Gasteiger partial charge is 0.469 e.